The van der Waals surface area contributed by atoms with Gasteiger partial charge in [0.2, 0.25) is 0 Å². The SMILES string of the molecule is CC(NC(C)c1ccc(F)c(Cl)c1)c1cccc(O)c1. The summed E-state index contributed by atoms with van der Waals surface area (Å²) < 4.78 is 13.2. The molecule has 0 aliphatic carbocycles. The molecule has 0 heterocycles. The summed E-state index contributed by atoms with van der Waals surface area (Å²) in [6, 6.07) is 11.9. The van der Waals surface area contributed by atoms with Crippen LogP contribution >= 0.6 is 11.6 Å². The highest BCUT2D eigenvalue weighted by atomic mass is 35.5. The van der Waals surface area contributed by atoms with Crippen molar-refractivity contribution in [3.8, 4) is 5.75 Å². The Kier molecular flexibility index (Phi) is 4.63. The molecule has 20 heavy (non-hydrogen) atoms. The molecule has 0 spiro atoms. The highest BCUT2D eigenvalue weighted by Crippen LogP contribution is 2.24. The highest BCUT2D eigenvalue weighted by molar-refractivity contribution is 6.30. The van der Waals surface area contributed by atoms with Gasteiger partial charge in [0.15, 0.2) is 0 Å². The van der Waals surface area contributed by atoms with Gasteiger partial charge in [-0.1, -0.05) is 29.8 Å². The molecular weight excluding hydrogens is 277 g/mol. The molecule has 0 bridgehead atoms. The molecule has 0 radical (unpaired) electrons. The lowest BCUT2D eigenvalue weighted by Crippen LogP contribution is -2.22. The van der Waals surface area contributed by atoms with Crippen LogP contribution in [0.4, 0.5) is 4.39 Å². The van der Waals surface area contributed by atoms with Gasteiger partial charge in [0.05, 0.1) is 5.02 Å². The summed E-state index contributed by atoms with van der Waals surface area (Å²) in [6.45, 7) is 4.00. The Balaban J connectivity index is 2.10. The molecule has 0 saturated carbocycles. The number of hydrogen-bond donors (Lipinski definition) is 2. The van der Waals surface area contributed by atoms with Crippen LogP contribution in [0.25, 0.3) is 0 Å². The van der Waals surface area contributed by atoms with E-state index in [4.69, 9.17) is 11.6 Å². The number of hydrogen-bond acceptors (Lipinski definition) is 2. The number of benzene rings is 2. The minimum absolute atomic E-state index is 0.0189. The first kappa shape index (κ1) is 14.8. The standard InChI is InChI=1S/C16H17ClFNO/c1-10(12-4-3-5-14(20)8-12)19-11(2)13-6-7-16(18)15(17)9-13/h3-11,19-20H,1-2H3. The van der Waals surface area contributed by atoms with E-state index in [2.05, 4.69) is 5.32 Å². The van der Waals surface area contributed by atoms with Gasteiger partial charge < -0.3 is 10.4 Å². The molecule has 2 unspecified atom stereocenters. The fourth-order valence-electron chi connectivity index (χ4n) is 2.14. The molecule has 0 amide bonds. The normalized spacial score (nSPS) is 14.0. The molecule has 0 fully saturated rings. The monoisotopic (exact) mass is 293 g/mol. The van der Waals surface area contributed by atoms with Crippen LogP contribution in [0.1, 0.15) is 37.1 Å². The van der Waals surface area contributed by atoms with Crippen molar-refractivity contribution in [3.05, 3.63) is 64.4 Å². The maximum absolute atomic E-state index is 13.2. The Morgan fingerprint density at radius 2 is 1.70 bits per heavy atom. The van der Waals surface area contributed by atoms with Crippen LogP contribution in [0.5, 0.6) is 5.75 Å². The lowest BCUT2D eigenvalue weighted by atomic mass is 10.0. The van der Waals surface area contributed by atoms with Crippen LogP contribution in [-0.4, -0.2) is 5.11 Å². The van der Waals surface area contributed by atoms with E-state index in [9.17, 15) is 9.50 Å². The van der Waals surface area contributed by atoms with Crippen molar-refractivity contribution in [1.82, 2.24) is 5.32 Å². The van der Waals surface area contributed by atoms with Crippen LogP contribution in [0, 0.1) is 5.82 Å². The molecule has 2 atom stereocenters. The summed E-state index contributed by atoms with van der Waals surface area (Å²) in [5.74, 6) is -0.169. The van der Waals surface area contributed by atoms with E-state index in [1.807, 2.05) is 26.0 Å². The van der Waals surface area contributed by atoms with E-state index in [0.29, 0.717) is 0 Å². The molecule has 0 aromatic heterocycles. The van der Waals surface area contributed by atoms with Crippen LogP contribution in [0.15, 0.2) is 42.5 Å². The fourth-order valence-corrected chi connectivity index (χ4v) is 2.33. The lowest BCUT2D eigenvalue weighted by Gasteiger charge is -2.21. The molecule has 4 heteroatoms. The summed E-state index contributed by atoms with van der Waals surface area (Å²) in [6.07, 6.45) is 0. The Bertz CT molecular complexity index is 603. The molecule has 2 rings (SSSR count). The summed E-state index contributed by atoms with van der Waals surface area (Å²) >= 11 is 5.80. The summed E-state index contributed by atoms with van der Waals surface area (Å²) in [5.41, 5.74) is 1.91. The van der Waals surface area contributed by atoms with Crippen LogP contribution in [-0.2, 0) is 0 Å². The van der Waals surface area contributed by atoms with Gasteiger partial charge in [-0.05, 0) is 49.2 Å². The third kappa shape index (κ3) is 3.50. The minimum atomic E-state index is -0.413. The number of rotatable bonds is 4. The molecule has 2 nitrogen and oxygen atoms in total. The van der Waals surface area contributed by atoms with Gasteiger partial charge in [-0.25, -0.2) is 4.39 Å². The van der Waals surface area contributed by atoms with Crippen molar-refractivity contribution in [2.24, 2.45) is 0 Å². The molecule has 2 aromatic carbocycles. The second kappa shape index (κ2) is 6.25. The maximum atomic E-state index is 13.2. The van der Waals surface area contributed by atoms with Crippen LogP contribution in [0.3, 0.4) is 0 Å². The lowest BCUT2D eigenvalue weighted by molar-refractivity contribution is 0.466. The van der Waals surface area contributed by atoms with Gasteiger partial charge in [0.1, 0.15) is 11.6 Å². The zero-order valence-electron chi connectivity index (χ0n) is 11.4. The Hall–Kier alpha value is -1.58. The number of aromatic hydroxyl groups is 1. The zero-order chi connectivity index (χ0) is 14.7. The smallest absolute Gasteiger partial charge is 0.141 e. The minimum Gasteiger partial charge on any atom is -0.508 e. The topological polar surface area (TPSA) is 32.3 Å². The maximum Gasteiger partial charge on any atom is 0.141 e. The molecule has 106 valence electrons. The first-order chi connectivity index (χ1) is 9.47. The van der Waals surface area contributed by atoms with Gasteiger partial charge in [-0.2, -0.15) is 0 Å². The van der Waals surface area contributed by atoms with Gasteiger partial charge in [-0.3, -0.25) is 0 Å². The Morgan fingerprint density at radius 1 is 1.05 bits per heavy atom. The quantitative estimate of drug-likeness (QED) is 0.863. The van der Waals surface area contributed by atoms with E-state index >= 15 is 0 Å². The van der Waals surface area contributed by atoms with Crippen molar-refractivity contribution in [3.63, 3.8) is 0 Å². The van der Waals surface area contributed by atoms with E-state index in [1.54, 1.807) is 24.3 Å². The average Bonchev–Trinajstić information content (AvgIpc) is 2.41. The predicted molar refractivity (Wildman–Crippen MR) is 79.5 cm³/mol. The highest BCUT2D eigenvalue weighted by Gasteiger charge is 2.13. The third-order valence-corrected chi connectivity index (χ3v) is 3.60. The summed E-state index contributed by atoms with van der Waals surface area (Å²) in [7, 11) is 0. The fraction of sp³-hybridized carbons (Fsp3) is 0.250. The molecular formula is C16H17ClFNO. The van der Waals surface area contributed by atoms with Crippen molar-refractivity contribution in [2.75, 3.05) is 0 Å². The zero-order valence-corrected chi connectivity index (χ0v) is 12.2. The van der Waals surface area contributed by atoms with E-state index in [0.717, 1.165) is 11.1 Å². The molecule has 2 N–H and O–H groups in total. The second-order valence-corrected chi connectivity index (χ2v) is 5.29. The predicted octanol–water partition coefficient (Wildman–Crippen LogP) is 4.60. The largest absolute Gasteiger partial charge is 0.508 e. The van der Waals surface area contributed by atoms with Crippen molar-refractivity contribution in [2.45, 2.75) is 25.9 Å². The van der Waals surface area contributed by atoms with Gasteiger partial charge in [0, 0.05) is 12.1 Å². The number of phenolic OH excluding ortho intramolecular Hbond substituents is 1. The summed E-state index contributed by atoms with van der Waals surface area (Å²) in [5, 5.41) is 13.0. The third-order valence-electron chi connectivity index (χ3n) is 3.31. The molecule has 0 saturated heterocycles. The van der Waals surface area contributed by atoms with Crippen LogP contribution < -0.4 is 5.32 Å². The Morgan fingerprint density at radius 3 is 2.30 bits per heavy atom. The van der Waals surface area contributed by atoms with Gasteiger partial charge in [-0.15, -0.1) is 0 Å². The van der Waals surface area contributed by atoms with E-state index in [1.165, 1.54) is 6.07 Å². The van der Waals surface area contributed by atoms with Gasteiger partial charge >= 0.3 is 0 Å². The van der Waals surface area contributed by atoms with Crippen molar-refractivity contribution >= 4 is 11.6 Å². The van der Waals surface area contributed by atoms with Crippen molar-refractivity contribution < 1.29 is 9.50 Å². The van der Waals surface area contributed by atoms with E-state index in [-0.39, 0.29) is 22.9 Å². The second-order valence-electron chi connectivity index (χ2n) is 4.88. The first-order valence-corrected chi connectivity index (χ1v) is 6.85. The molecule has 0 aliphatic rings. The molecule has 2 aromatic rings. The van der Waals surface area contributed by atoms with Crippen LogP contribution in [0.2, 0.25) is 5.02 Å². The number of nitrogens with one attached hydrogen (secondary N) is 1. The first-order valence-electron chi connectivity index (χ1n) is 6.47. The number of phenols is 1. The average molecular weight is 294 g/mol. The van der Waals surface area contributed by atoms with E-state index < -0.39 is 5.82 Å². The van der Waals surface area contributed by atoms with Crippen molar-refractivity contribution in [1.29, 1.82) is 0 Å². The Labute approximate surface area is 123 Å². The summed E-state index contributed by atoms with van der Waals surface area (Å²) in [4.78, 5) is 0. The van der Waals surface area contributed by atoms with Gasteiger partial charge in [0.25, 0.3) is 0 Å². The molecule has 0 aliphatic heterocycles. The number of halogens is 2.